The molecule has 1 heterocycles. The Kier molecular flexibility index (Phi) is 4.29. The maximum atomic E-state index is 12.2. The Balaban J connectivity index is 3.13. The highest BCUT2D eigenvalue weighted by Gasteiger charge is 2.28. The normalized spacial score (nSPS) is 12.6. The van der Waals surface area contributed by atoms with Gasteiger partial charge in [0.2, 0.25) is 0 Å². The highest BCUT2D eigenvalue weighted by molar-refractivity contribution is 7.89. The lowest BCUT2D eigenvalue weighted by Crippen LogP contribution is -2.31. The van der Waals surface area contributed by atoms with E-state index in [1.807, 2.05) is 13.8 Å². The lowest BCUT2D eigenvalue weighted by atomic mass is 10.2. The zero-order chi connectivity index (χ0) is 13.2. The zero-order valence-electron chi connectivity index (χ0n) is 10.6. The number of H-pyrrole nitrogens is 1. The Labute approximate surface area is 102 Å². The van der Waals surface area contributed by atoms with Crippen LogP contribution < -0.4 is 0 Å². The van der Waals surface area contributed by atoms with Crippen LogP contribution in [0.25, 0.3) is 0 Å². The van der Waals surface area contributed by atoms with E-state index in [-0.39, 0.29) is 17.6 Å². The van der Waals surface area contributed by atoms with E-state index in [0.29, 0.717) is 17.8 Å². The largest absolute Gasteiger partial charge is 0.392 e. The van der Waals surface area contributed by atoms with Crippen LogP contribution in [-0.2, 0) is 16.6 Å². The minimum Gasteiger partial charge on any atom is -0.392 e. The number of rotatable bonds is 5. The lowest BCUT2D eigenvalue weighted by Gasteiger charge is -2.18. The molecule has 0 amide bonds. The molecule has 7 heteroatoms. The topological polar surface area (TPSA) is 86.3 Å². The number of nitrogens with zero attached hydrogens (tertiary/aromatic N) is 2. The van der Waals surface area contributed by atoms with Crippen molar-refractivity contribution in [2.75, 3.05) is 13.6 Å². The molecule has 0 bridgehead atoms. The van der Waals surface area contributed by atoms with Crippen molar-refractivity contribution < 1.29 is 13.5 Å². The number of aliphatic hydroxyl groups excluding tert-OH is 1. The van der Waals surface area contributed by atoms with Crippen LogP contribution in [0.1, 0.15) is 25.1 Å². The Morgan fingerprint density at radius 1 is 1.47 bits per heavy atom. The summed E-state index contributed by atoms with van der Waals surface area (Å²) < 4.78 is 25.6. The van der Waals surface area contributed by atoms with Crippen molar-refractivity contribution in [2.24, 2.45) is 5.92 Å². The van der Waals surface area contributed by atoms with Gasteiger partial charge in [-0.3, -0.25) is 5.10 Å². The molecular formula is C10H19N3O3S. The van der Waals surface area contributed by atoms with Crippen LogP contribution in [0, 0.1) is 12.8 Å². The van der Waals surface area contributed by atoms with E-state index in [9.17, 15) is 13.5 Å². The van der Waals surface area contributed by atoms with Crippen molar-refractivity contribution in [1.82, 2.24) is 14.5 Å². The van der Waals surface area contributed by atoms with Crippen LogP contribution in [0.2, 0.25) is 0 Å². The average Bonchev–Trinajstić information content (AvgIpc) is 2.58. The minimum atomic E-state index is -3.62. The van der Waals surface area contributed by atoms with Gasteiger partial charge in [0.15, 0.2) is 5.03 Å². The van der Waals surface area contributed by atoms with Gasteiger partial charge in [-0.2, -0.15) is 9.40 Å². The summed E-state index contributed by atoms with van der Waals surface area (Å²) in [5, 5.41) is 15.4. The van der Waals surface area contributed by atoms with Gasteiger partial charge < -0.3 is 5.11 Å². The smallest absolute Gasteiger partial charge is 0.262 e. The second-order valence-corrected chi connectivity index (χ2v) is 6.43. The molecule has 2 N–H and O–H groups in total. The predicted molar refractivity (Wildman–Crippen MR) is 63.9 cm³/mol. The first-order chi connectivity index (χ1) is 7.80. The molecule has 0 radical (unpaired) electrons. The molecule has 0 aliphatic carbocycles. The van der Waals surface area contributed by atoms with Crippen LogP contribution in [-0.4, -0.2) is 41.6 Å². The third-order valence-corrected chi connectivity index (χ3v) is 4.27. The predicted octanol–water partition coefficient (Wildman–Crippen LogP) is 0.487. The molecule has 0 atom stereocenters. The number of sulfonamides is 1. The third-order valence-electron chi connectivity index (χ3n) is 2.47. The van der Waals surface area contributed by atoms with Crippen molar-refractivity contribution in [3.05, 3.63) is 11.3 Å². The average molecular weight is 261 g/mol. The van der Waals surface area contributed by atoms with Gasteiger partial charge in [0.25, 0.3) is 10.0 Å². The standard InChI is InChI=1S/C10H19N3O3S/c1-7(2)5-13(4)17(15,16)10-9(6-14)8(3)11-12-10/h7,14H,5-6H2,1-4H3,(H,11,12). The van der Waals surface area contributed by atoms with Gasteiger partial charge in [0.05, 0.1) is 6.61 Å². The van der Waals surface area contributed by atoms with Gasteiger partial charge in [-0.1, -0.05) is 13.8 Å². The molecule has 1 aromatic rings. The zero-order valence-corrected chi connectivity index (χ0v) is 11.4. The van der Waals surface area contributed by atoms with E-state index in [2.05, 4.69) is 10.2 Å². The first-order valence-corrected chi connectivity index (χ1v) is 6.85. The van der Waals surface area contributed by atoms with E-state index in [1.165, 1.54) is 11.4 Å². The highest BCUT2D eigenvalue weighted by atomic mass is 32.2. The van der Waals surface area contributed by atoms with Crippen molar-refractivity contribution in [2.45, 2.75) is 32.4 Å². The fourth-order valence-electron chi connectivity index (χ4n) is 1.59. The molecule has 1 rings (SSSR count). The summed E-state index contributed by atoms with van der Waals surface area (Å²) in [5.41, 5.74) is 0.907. The van der Waals surface area contributed by atoms with Crippen LogP contribution in [0.15, 0.2) is 5.03 Å². The molecule has 98 valence electrons. The number of nitrogens with one attached hydrogen (secondary N) is 1. The van der Waals surface area contributed by atoms with Crippen molar-refractivity contribution in [1.29, 1.82) is 0 Å². The summed E-state index contributed by atoms with van der Waals surface area (Å²) in [6.07, 6.45) is 0. The summed E-state index contributed by atoms with van der Waals surface area (Å²) in [6, 6.07) is 0. The van der Waals surface area contributed by atoms with Crippen molar-refractivity contribution >= 4 is 10.0 Å². The quantitative estimate of drug-likeness (QED) is 0.807. The monoisotopic (exact) mass is 261 g/mol. The SMILES string of the molecule is Cc1[nH]nc(S(=O)(=O)N(C)CC(C)C)c1CO. The lowest BCUT2D eigenvalue weighted by molar-refractivity contribution is 0.277. The summed E-state index contributed by atoms with van der Waals surface area (Å²) in [4.78, 5) is 0. The number of hydrogen-bond acceptors (Lipinski definition) is 4. The molecule has 1 aromatic heterocycles. The Bertz CT molecular complexity index is 479. The van der Waals surface area contributed by atoms with Crippen LogP contribution in [0.4, 0.5) is 0 Å². The van der Waals surface area contributed by atoms with E-state index in [1.54, 1.807) is 6.92 Å². The van der Waals surface area contributed by atoms with Gasteiger partial charge in [0.1, 0.15) is 0 Å². The third kappa shape index (κ3) is 2.85. The minimum absolute atomic E-state index is 0.0827. The molecule has 0 spiro atoms. The van der Waals surface area contributed by atoms with Gasteiger partial charge in [0, 0.05) is 24.8 Å². The Hall–Kier alpha value is -0.920. The summed E-state index contributed by atoms with van der Waals surface area (Å²) in [6.45, 7) is 5.63. The van der Waals surface area contributed by atoms with Gasteiger partial charge in [-0.25, -0.2) is 8.42 Å². The van der Waals surface area contributed by atoms with Crippen molar-refractivity contribution in [3.8, 4) is 0 Å². The molecule has 6 nitrogen and oxygen atoms in total. The fraction of sp³-hybridized carbons (Fsp3) is 0.700. The van der Waals surface area contributed by atoms with Crippen LogP contribution in [0.5, 0.6) is 0 Å². The first-order valence-electron chi connectivity index (χ1n) is 5.41. The summed E-state index contributed by atoms with van der Waals surface area (Å²) in [7, 11) is -2.11. The molecule has 17 heavy (non-hydrogen) atoms. The van der Waals surface area contributed by atoms with E-state index >= 15 is 0 Å². The van der Waals surface area contributed by atoms with Crippen LogP contribution in [0.3, 0.4) is 0 Å². The highest BCUT2D eigenvalue weighted by Crippen LogP contribution is 2.20. The first kappa shape index (κ1) is 14.1. The number of hydrogen-bond donors (Lipinski definition) is 2. The van der Waals surface area contributed by atoms with Gasteiger partial charge in [-0.15, -0.1) is 0 Å². The second kappa shape index (κ2) is 5.16. The van der Waals surface area contributed by atoms with Gasteiger partial charge in [-0.05, 0) is 12.8 Å². The van der Waals surface area contributed by atoms with Crippen LogP contribution >= 0.6 is 0 Å². The number of aliphatic hydroxyl groups is 1. The molecule has 0 aliphatic rings. The van der Waals surface area contributed by atoms with Crippen molar-refractivity contribution in [3.63, 3.8) is 0 Å². The van der Waals surface area contributed by atoms with E-state index in [0.717, 1.165) is 0 Å². The summed E-state index contributed by atoms with van der Waals surface area (Å²) in [5.74, 6) is 0.229. The molecule has 0 saturated carbocycles. The number of aromatic amines is 1. The molecule has 0 unspecified atom stereocenters. The Morgan fingerprint density at radius 3 is 2.53 bits per heavy atom. The molecule has 0 saturated heterocycles. The van der Waals surface area contributed by atoms with E-state index in [4.69, 9.17) is 0 Å². The molecular weight excluding hydrogens is 242 g/mol. The Morgan fingerprint density at radius 2 is 2.06 bits per heavy atom. The molecule has 0 fully saturated rings. The molecule has 0 aromatic carbocycles. The number of aromatic nitrogens is 2. The number of aryl methyl sites for hydroxylation is 1. The fourth-order valence-corrected chi connectivity index (χ4v) is 3.07. The second-order valence-electron chi connectivity index (χ2n) is 4.47. The summed E-state index contributed by atoms with van der Waals surface area (Å²) >= 11 is 0. The molecule has 0 aliphatic heterocycles. The maximum Gasteiger partial charge on any atom is 0.262 e. The maximum absolute atomic E-state index is 12.2. The van der Waals surface area contributed by atoms with Gasteiger partial charge >= 0.3 is 0 Å². The van der Waals surface area contributed by atoms with E-state index < -0.39 is 10.0 Å².